The number of aryl methyl sites for hydroxylation is 1. The molecule has 1 atom stereocenters. The third-order valence-corrected chi connectivity index (χ3v) is 4.24. The molecule has 0 spiro atoms. The molecule has 4 N–H and O–H groups in total. The van der Waals surface area contributed by atoms with Gasteiger partial charge in [-0.25, -0.2) is 13.8 Å². The van der Waals surface area contributed by atoms with Crippen molar-refractivity contribution >= 4 is 0 Å². The standard InChI is InChI=1S/C18H19F5N2O2/c1-9-6-10(4-5-12(9)19)15-14(20)11(16(2,3)26)7-13(25-15)17(27,8-24)18(21,22)23/h4-7,26-27H,8,24H2,1-3H3. The lowest BCUT2D eigenvalue weighted by molar-refractivity contribution is -0.263. The van der Waals surface area contributed by atoms with E-state index in [0.29, 0.717) is 6.07 Å². The van der Waals surface area contributed by atoms with Crippen LogP contribution < -0.4 is 5.73 Å². The summed E-state index contributed by atoms with van der Waals surface area (Å²) in [6.45, 7) is 2.47. The third-order valence-electron chi connectivity index (χ3n) is 4.24. The molecule has 0 radical (unpaired) electrons. The topological polar surface area (TPSA) is 79.4 Å². The Morgan fingerprint density at radius 3 is 2.11 bits per heavy atom. The van der Waals surface area contributed by atoms with Gasteiger partial charge in [-0.3, -0.25) is 0 Å². The number of hydrogen-bond donors (Lipinski definition) is 3. The SMILES string of the molecule is Cc1cc(-c2nc(C(O)(CN)C(F)(F)F)cc(C(C)(C)O)c2F)ccc1F. The van der Waals surface area contributed by atoms with E-state index >= 15 is 0 Å². The average Bonchev–Trinajstić information content (AvgIpc) is 2.54. The Bertz CT molecular complexity index is 862. The van der Waals surface area contributed by atoms with Crippen molar-refractivity contribution in [1.29, 1.82) is 0 Å². The van der Waals surface area contributed by atoms with E-state index in [1.165, 1.54) is 26.8 Å². The van der Waals surface area contributed by atoms with E-state index in [1.54, 1.807) is 0 Å². The van der Waals surface area contributed by atoms with Crippen molar-refractivity contribution in [1.82, 2.24) is 4.98 Å². The highest BCUT2D eigenvalue weighted by Crippen LogP contribution is 2.40. The molecule has 0 saturated heterocycles. The second-order valence-corrected chi connectivity index (χ2v) is 6.80. The Kier molecular flexibility index (Phi) is 5.35. The number of hydrogen-bond acceptors (Lipinski definition) is 4. The minimum atomic E-state index is -5.20. The Morgan fingerprint density at radius 1 is 1.07 bits per heavy atom. The molecule has 4 nitrogen and oxygen atoms in total. The predicted molar refractivity (Wildman–Crippen MR) is 88.6 cm³/mol. The van der Waals surface area contributed by atoms with E-state index in [0.717, 1.165) is 12.1 Å². The van der Waals surface area contributed by atoms with E-state index in [4.69, 9.17) is 5.73 Å². The molecule has 27 heavy (non-hydrogen) atoms. The molecule has 9 heteroatoms. The number of nitrogens with zero attached hydrogens (tertiary/aromatic N) is 1. The maximum Gasteiger partial charge on any atom is 0.424 e. The molecule has 0 amide bonds. The first-order chi connectivity index (χ1) is 12.2. The molecule has 0 saturated carbocycles. The summed E-state index contributed by atoms with van der Waals surface area (Å²) in [5, 5.41) is 20.3. The monoisotopic (exact) mass is 390 g/mol. The summed E-state index contributed by atoms with van der Waals surface area (Å²) in [7, 11) is 0. The van der Waals surface area contributed by atoms with Crippen LogP contribution in [-0.4, -0.2) is 27.9 Å². The zero-order chi connectivity index (χ0) is 20.8. The molecule has 0 aliphatic rings. The number of benzene rings is 1. The van der Waals surface area contributed by atoms with Crippen molar-refractivity contribution < 1.29 is 32.2 Å². The molecule has 148 valence electrons. The van der Waals surface area contributed by atoms with Crippen LogP contribution >= 0.6 is 0 Å². The van der Waals surface area contributed by atoms with E-state index in [9.17, 15) is 32.2 Å². The highest BCUT2D eigenvalue weighted by atomic mass is 19.4. The van der Waals surface area contributed by atoms with Crippen molar-refractivity contribution in [3.05, 3.63) is 52.7 Å². The molecular weight excluding hydrogens is 371 g/mol. The largest absolute Gasteiger partial charge is 0.424 e. The van der Waals surface area contributed by atoms with Crippen LogP contribution in [0.3, 0.4) is 0 Å². The smallest absolute Gasteiger partial charge is 0.386 e. The Hall–Kier alpha value is -2.10. The second kappa shape index (κ2) is 6.81. The van der Waals surface area contributed by atoms with Gasteiger partial charge in [-0.05, 0) is 50.6 Å². The zero-order valence-corrected chi connectivity index (χ0v) is 14.8. The average molecular weight is 390 g/mol. The van der Waals surface area contributed by atoms with Crippen molar-refractivity contribution in [2.75, 3.05) is 6.54 Å². The predicted octanol–water partition coefficient (Wildman–Crippen LogP) is 3.27. The van der Waals surface area contributed by atoms with Gasteiger partial charge in [0.25, 0.3) is 0 Å². The van der Waals surface area contributed by atoms with Gasteiger partial charge >= 0.3 is 6.18 Å². The number of aromatic nitrogens is 1. The van der Waals surface area contributed by atoms with Crippen LogP contribution in [0.4, 0.5) is 22.0 Å². The Labute approximate surface area is 152 Å². The minimum Gasteiger partial charge on any atom is -0.386 e. The van der Waals surface area contributed by atoms with Crippen molar-refractivity contribution in [2.24, 2.45) is 5.73 Å². The molecule has 0 bridgehead atoms. The van der Waals surface area contributed by atoms with Crippen LogP contribution in [0.5, 0.6) is 0 Å². The van der Waals surface area contributed by atoms with E-state index in [1.807, 2.05) is 0 Å². The van der Waals surface area contributed by atoms with Gasteiger partial charge in [0, 0.05) is 17.7 Å². The van der Waals surface area contributed by atoms with Crippen molar-refractivity contribution in [2.45, 2.75) is 38.1 Å². The van der Waals surface area contributed by atoms with E-state index < -0.39 is 52.5 Å². The van der Waals surface area contributed by atoms with Gasteiger partial charge in [-0.2, -0.15) is 13.2 Å². The summed E-state index contributed by atoms with van der Waals surface area (Å²) in [5.41, 5.74) is -2.23. The number of alkyl halides is 3. The summed E-state index contributed by atoms with van der Waals surface area (Å²) in [6, 6.07) is 3.99. The van der Waals surface area contributed by atoms with Crippen LogP contribution in [0.15, 0.2) is 24.3 Å². The fourth-order valence-corrected chi connectivity index (χ4v) is 2.54. The fraction of sp³-hybridized carbons (Fsp3) is 0.389. The van der Waals surface area contributed by atoms with Gasteiger partial charge in [0.05, 0.1) is 11.3 Å². The molecule has 0 fully saturated rings. The van der Waals surface area contributed by atoms with Gasteiger partial charge in [-0.15, -0.1) is 0 Å². The number of aliphatic hydroxyl groups is 2. The highest BCUT2D eigenvalue weighted by Gasteiger charge is 2.55. The Balaban J connectivity index is 2.87. The van der Waals surface area contributed by atoms with Crippen molar-refractivity contribution in [3.63, 3.8) is 0 Å². The Morgan fingerprint density at radius 2 is 1.67 bits per heavy atom. The highest BCUT2D eigenvalue weighted by molar-refractivity contribution is 5.63. The summed E-state index contributed by atoms with van der Waals surface area (Å²) in [5.74, 6) is -1.68. The maximum atomic E-state index is 14.9. The van der Waals surface area contributed by atoms with Crippen molar-refractivity contribution in [3.8, 4) is 11.3 Å². The molecule has 0 aliphatic heterocycles. The molecule has 1 unspecified atom stereocenters. The first-order valence-corrected chi connectivity index (χ1v) is 7.92. The lowest BCUT2D eigenvalue weighted by atomic mass is 9.90. The first kappa shape index (κ1) is 21.2. The number of halogens is 5. The number of pyridine rings is 1. The molecule has 0 aliphatic carbocycles. The van der Waals surface area contributed by atoms with Crippen LogP contribution in [0, 0.1) is 18.6 Å². The van der Waals surface area contributed by atoms with E-state index in [2.05, 4.69) is 4.98 Å². The van der Waals surface area contributed by atoms with Gasteiger partial charge < -0.3 is 15.9 Å². The van der Waals surface area contributed by atoms with Crippen LogP contribution in [-0.2, 0) is 11.2 Å². The summed E-state index contributed by atoms with van der Waals surface area (Å²) >= 11 is 0. The van der Waals surface area contributed by atoms with Gasteiger partial charge in [-0.1, -0.05) is 0 Å². The minimum absolute atomic E-state index is 0.0136. The quantitative estimate of drug-likeness (QED) is 0.700. The molecule has 1 heterocycles. The summed E-state index contributed by atoms with van der Waals surface area (Å²) in [6.07, 6.45) is -5.20. The first-order valence-electron chi connectivity index (χ1n) is 7.92. The molecule has 2 aromatic rings. The normalized spacial score (nSPS) is 14.9. The second-order valence-electron chi connectivity index (χ2n) is 6.80. The number of nitrogens with two attached hydrogens (primary N) is 1. The maximum absolute atomic E-state index is 14.9. The molecule has 1 aromatic carbocycles. The van der Waals surface area contributed by atoms with Gasteiger partial charge in [0.1, 0.15) is 11.5 Å². The van der Waals surface area contributed by atoms with Crippen LogP contribution in [0.2, 0.25) is 0 Å². The third kappa shape index (κ3) is 3.80. The molecular formula is C18H19F5N2O2. The van der Waals surface area contributed by atoms with Gasteiger partial charge in [0.2, 0.25) is 5.60 Å². The summed E-state index contributed by atoms with van der Waals surface area (Å²) < 4.78 is 68.6. The van der Waals surface area contributed by atoms with Gasteiger partial charge in [0.15, 0.2) is 5.82 Å². The lowest BCUT2D eigenvalue weighted by Gasteiger charge is -2.30. The van der Waals surface area contributed by atoms with E-state index in [-0.39, 0.29) is 11.1 Å². The number of rotatable bonds is 4. The fourth-order valence-electron chi connectivity index (χ4n) is 2.54. The van der Waals surface area contributed by atoms with Crippen LogP contribution in [0.25, 0.3) is 11.3 Å². The lowest BCUT2D eigenvalue weighted by Crippen LogP contribution is -2.49. The van der Waals surface area contributed by atoms with Crippen LogP contribution in [0.1, 0.15) is 30.7 Å². The molecule has 1 aromatic heterocycles. The summed E-state index contributed by atoms with van der Waals surface area (Å²) in [4.78, 5) is 3.64. The molecule has 2 rings (SSSR count). The zero-order valence-electron chi connectivity index (χ0n) is 14.8.